The standard InChI is InChI=1S/C18H36O2.Sn.2H/c1-3-5-7-9-11-12-14-16-18(19)20-17-15-13-10-8-6-4-2;;;/h3-17H2,1-2H3;;;. The second-order valence-electron chi connectivity index (χ2n) is 5.86. The Morgan fingerprint density at radius 2 is 1.10 bits per heavy atom. The third-order valence-corrected chi connectivity index (χ3v) is 3.75. The van der Waals surface area contributed by atoms with E-state index in [9.17, 15) is 4.79 Å². The summed E-state index contributed by atoms with van der Waals surface area (Å²) in [6.45, 7) is 5.09. The molecule has 2 nitrogen and oxygen atoms in total. The quantitative estimate of drug-likeness (QED) is 0.215. The average molecular weight is 405 g/mol. The Kier molecular flexibility index (Phi) is 22.7. The first kappa shape index (κ1) is 23.5. The molecule has 0 N–H and O–H groups in total. The van der Waals surface area contributed by atoms with E-state index in [2.05, 4.69) is 13.8 Å². The van der Waals surface area contributed by atoms with Crippen molar-refractivity contribution < 1.29 is 9.53 Å². The Labute approximate surface area is 149 Å². The zero-order valence-electron chi connectivity index (χ0n) is 14.6. The van der Waals surface area contributed by atoms with Crippen LogP contribution in [0.5, 0.6) is 0 Å². The first-order valence-electron chi connectivity index (χ1n) is 8.96. The van der Waals surface area contributed by atoms with Crippen LogP contribution in [0.3, 0.4) is 0 Å². The predicted octanol–water partition coefficient (Wildman–Crippen LogP) is 5.11. The maximum absolute atomic E-state index is 11.5. The molecular weight excluding hydrogens is 367 g/mol. The number of carbonyl (C=O) groups excluding carboxylic acids is 1. The second-order valence-corrected chi connectivity index (χ2v) is 5.86. The third kappa shape index (κ3) is 20.3. The first-order valence-corrected chi connectivity index (χ1v) is 8.96. The zero-order chi connectivity index (χ0) is 14.9. The van der Waals surface area contributed by atoms with Crippen LogP contribution >= 0.6 is 0 Å². The molecule has 0 heterocycles. The molecule has 0 fully saturated rings. The van der Waals surface area contributed by atoms with Gasteiger partial charge in [0.25, 0.3) is 0 Å². The molecule has 0 bridgehead atoms. The number of carbonyl (C=O) groups is 1. The summed E-state index contributed by atoms with van der Waals surface area (Å²) < 4.78 is 5.25. The Balaban J connectivity index is 0. The number of hydrogen-bond acceptors (Lipinski definition) is 2. The van der Waals surface area contributed by atoms with E-state index in [1.807, 2.05) is 0 Å². The average Bonchev–Trinajstić information content (AvgIpc) is 2.45. The number of hydrogen-bond donors (Lipinski definition) is 0. The van der Waals surface area contributed by atoms with Gasteiger partial charge in [-0.1, -0.05) is 84.5 Å². The van der Waals surface area contributed by atoms with E-state index in [0.717, 1.165) is 12.8 Å². The van der Waals surface area contributed by atoms with Crippen LogP contribution in [0.1, 0.15) is 104 Å². The molecule has 0 amide bonds. The van der Waals surface area contributed by atoms with Gasteiger partial charge >= 0.3 is 29.9 Å². The van der Waals surface area contributed by atoms with Gasteiger partial charge < -0.3 is 4.74 Å². The summed E-state index contributed by atoms with van der Waals surface area (Å²) in [6, 6.07) is 0. The molecule has 0 aromatic heterocycles. The van der Waals surface area contributed by atoms with Crippen molar-refractivity contribution in [2.75, 3.05) is 6.61 Å². The molecule has 0 aliphatic carbocycles. The second kappa shape index (κ2) is 20.3. The van der Waals surface area contributed by atoms with Crippen LogP contribution in [0, 0.1) is 0 Å². The van der Waals surface area contributed by atoms with Crippen molar-refractivity contribution in [3.63, 3.8) is 0 Å². The van der Waals surface area contributed by atoms with Crippen LogP contribution in [0.4, 0.5) is 0 Å². The van der Waals surface area contributed by atoms with Gasteiger partial charge in [-0.3, -0.25) is 4.79 Å². The molecule has 21 heavy (non-hydrogen) atoms. The van der Waals surface area contributed by atoms with Gasteiger partial charge in [-0.15, -0.1) is 0 Å². The fraction of sp³-hybridized carbons (Fsp3) is 0.944. The summed E-state index contributed by atoms with van der Waals surface area (Å²) in [4.78, 5) is 11.5. The van der Waals surface area contributed by atoms with Crippen LogP contribution in [-0.4, -0.2) is 36.5 Å². The normalized spacial score (nSPS) is 10.2. The van der Waals surface area contributed by atoms with E-state index >= 15 is 0 Å². The Bertz CT molecular complexity index is 187. The summed E-state index contributed by atoms with van der Waals surface area (Å²) in [5.74, 6) is 0.00659. The summed E-state index contributed by atoms with van der Waals surface area (Å²) >= 11 is 0. The SMILES string of the molecule is CCCCCCCCCC(=O)OCCCCCCCC.[SnH2]. The van der Waals surface area contributed by atoms with Crippen molar-refractivity contribution in [3.8, 4) is 0 Å². The third-order valence-electron chi connectivity index (χ3n) is 3.75. The molecule has 0 rings (SSSR count). The van der Waals surface area contributed by atoms with Crippen molar-refractivity contribution in [2.24, 2.45) is 0 Å². The van der Waals surface area contributed by atoms with Gasteiger partial charge in [0.2, 0.25) is 0 Å². The van der Waals surface area contributed by atoms with Crippen molar-refractivity contribution in [2.45, 2.75) is 104 Å². The fourth-order valence-corrected chi connectivity index (χ4v) is 2.37. The van der Waals surface area contributed by atoms with Gasteiger partial charge in [0, 0.05) is 6.42 Å². The molecule has 2 radical (unpaired) electrons. The van der Waals surface area contributed by atoms with E-state index in [1.165, 1.54) is 70.6 Å². The van der Waals surface area contributed by atoms with Crippen molar-refractivity contribution in [1.29, 1.82) is 0 Å². The molecule has 0 saturated heterocycles. The van der Waals surface area contributed by atoms with Gasteiger partial charge in [-0.05, 0) is 12.8 Å². The Hall–Kier alpha value is 0.269. The van der Waals surface area contributed by atoms with Gasteiger partial charge in [-0.25, -0.2) is 0 Å². The topological polar surface area (TPSA) is 26.3 Å². The van der Waals surface area contributed by atoms with Crippen LogP contribution in [0.2, 0.25) is 0 Å². The summed E-state index contributed by atoms with van der Waals surface area (Å²) in [5, 5.41) is 0. The molecule has 0 aromatic carbocycles. The molecule has 0 aliphatic rings. The predicted molar refractivity (Wildman–Crippen MR) is 95.5 cm³/mol. The van der Waals surface area contributed by atoms with Crippen LogP contribution in [-0.2, 0) is 9.53 Å². The zero-order valence-corrected chi connectivity index (χ0v) is 18.7. The maximum atomic E-state index is 11.5. The minimum absolute atomic E-state index is 0. The minimum atomic E-state index is 0. The number of ether oxygens (including phenoxy) is 1. The van der Waals surface area contributed by atoms with E-state index in [1.54, 1.807) is 0 Å². The molecule has 0 unspecified atom stereocenters. The van der Waals surface area contributed by atoms with Crippen LogP contribution in [0.15, 0.2) is 0 Å². The molecule has 0 saturated carbocycles. The van der Waals surface area contributed by atoms with E-state index in [-0.39, 0.29) is 29.9 Å². The van der Waals surface area contributed by atoms with E-state index in [4.69, 9.17) is 4.74 Å². The van der Waals surface area contributed by atoms with E-state index < -0.39 is 0 Å². The first-order chi connectivity index (χ1) is 9.81. The van der Waals surface area contributed by atoms with Crippen molar-refractivity contribution in [1.82, 2.24) is 0 Å². The molecular formula is C18H38O2Sn. The van der Waals surface area contributed by atoms with Gasteiger partial charge in [-0.2, -0.15) is 0 Å². The number of esters is 1. The molecule has 0 spiro atoms. The monoisotopic (exact) mass is 406 g/mol. The molecule has 0 atom stereocenters. The molecule has 0 aromatic rings. The Morgan fingerprint density at radius 3 is 1.62 bits per heavy atom. The summed E-state index contributed by atoms with van der Waals surface area (Å²) in [6.07, 6.45) is 16.8. The van der Waals surface area contributed by atoms with Crippen molar-refractivity contribution in [3.05, 3.63) is 0 Å². The van der Waals surface area contributed by atoms with E-state index in [0.29, 0.717) is 13.0 Å². The summed E-state index contributed by atoms with van der Waals surface area (Å²) in [7, 11) is 0. The molecule has 0 aliphatic heterocycles. The van der Waals surface area contributed by atoms with Crippen LogP contribution < -0.4 is 0 Å². The van der Waals surface area contributed by atoms with Gasteiger partial charge in [0.05, 0.1) is 6.61 Å². The van der Waals surface area contributed by atoms with Gasteiger partial charge in [0.15, 0.2) is 0 Å². The fourth-order valence-electron chi connectivity index (χ4n) is 2.37. The molecule has 126 valence electrons. The number of rotatable bonds is 15. The Morgan fingerprint density at radius 1 is 0.667 bits per heavy atom. The van der Waals surface area contributed by atoms with Gasteiger partial charge in [0.1, 0.15) is 0 Å². The van der Waals surface area contributed by atoms with Crippen molar-refractivity contribution >= 4 is 29.9 Å². The number of unbranched alkanes of at least 4 members (excludes halogenated alkanes) is 11. The summed E-state index contributed by atoms with van der Waals surface area (Å²) in [5.41, 5.74) is 0. The van der Waals surface area contributed by atoms with Crippen LogP contribution in [0.25, 0.3) is 0 Å². The molecule has 3 heteroatoms.